The van der Waals surface area contributed by atoms with Crippen LogP contribution >= 0.6 is 0 Å². The van der Waals surface area contributed by atoms with Crippen molar-refractivity contribution in [1.82, 2.24) is 9.80 Å². The van der Waals surface area contributed by atoms with Gasteiger partial charge in [-0.05, 0) is 17.7 Å². The minimum Gasteiger partial charge on any atom is -0.369 e. The van der Waals surface area contributed by atoms with Gasteiger partial charge in [0.2, 0.25) is 11.8 Å². The zero-order chi connectivity index (χ0) is 17.9. The first-order valence-corrected chi connectivity index (χ1v) is 9.14. The molecular weight excluding hydrogens is 326 g/mol. The third kappa shape index (κ3) is 3.35. The second-order valence-electron chi connectivity index (χ2n) is 6.88. The van der Waals surface area contributed by atoms with Gasteiger partial charge in [0.25, 0.3) is 0 Å². The van der Waals surface area contributed by atoms with Crippen molar-refractivity contribution >= 4 is 17.5 Å². The number of anilines is 1. The predicted octanol–water partition coefficient (Wildman–Crippen LogP) is 2.14. The summed E-state index contributed by atoms with van der Waals surface area (Å²) in [5, 5.41) is 0. The lowest BCUT2D eigenvalue weighted by atomic mass is 10.1. The van der Waals surface area contributed by atoms with Crippen molar-refractivity contribution in [2.75, 3.05) is 31.1 Å². The summed E-state index contributed by atoms with van der Waals surface area (Å²) in [5.41, 5.74) is 2.20. The zero-order valence-electron chi connectivity index (χ0n) is 14.8. The molecule has 134 valence electrons. The molecule has 0 bridgehead atoms. The van der Waals surface area contributed by atoms with E-state index in [1.54, 1.807) is 0 Å². The predicted molar refractivity (Wildman–Crippen MR) is 101 cm³/mol. The smallest absolute Gasteiger partial charge is 0.247 e. The highest BCUT2D eigenvalue weighted by Crippen LogP contribution is 2.23. The molecule has 1 unspecified atom stereocenters. The van der Waals surface area contributed by atoms with Gasteiger partial charge in [-0.1, -0.05) is 48.5 Å². The molecule has 0 N–H and O–H groups in total. The molecule has 2 aliphatic heterocycles. The van der Waals surface area contributed by atoms with Crippen LogP contribution in [0.2, 0.25) is 0 Å². The average Bonchev–Trinajstić information content (AvgIpc) is 2.98. The first-order valence-electron chi connectivity index (χ1n) is 9.14. The van der Waals surface area contributed by atoms with Crippen molar-refractivity contribution in [3.8, 4) is 0 Å². The molecule has 2 aromatic carbocycles. The largest absolute Gasteiger partial charge is 0.369 e. The van der Waals surface area contributed by atoms with E-state index in [-0.39, 0.29) is 17.9 Å². The highest BCUT2D eigenvalue weighted by molar-refractivity contribution is 6.05. The Morgan fingerprint density at radius 1 is 0.808 bits per heavy atom. The number of amides is 2. The fourth-order valence-corrected chi connectivity index (χ4v) is 3.81. The number of piperazine rings is 1. The van der Waals surface area contributed by atoms with Gasteiger partial charge in [-0.3, -0.25) is 19.4 Å². The van der Waals surface area contributed by atoms with Crippen LogP contribution in [-0.4, -0.2) is 53.8 Å². The molecule has 4 rings (SSSR count). The molecule has 0 radical (unpaired) electrons. The number of rotatable bonds is 4. The third-order valence-electron chi connectivity index (χ3n) is 5.28. The molecule has 0 aliphatic carbocycles. The van der Waals surface area contributed by atoms with E-state index >= 15 is 0 Å². The second-order valence-corrected chi connectivity index (χ2v) is 6.88. The van der Waals surface area contributed by atoms with Gasteiger partial charge < -0.3 is 4.90 Å². The minimum absolute atomic E-state index is 0.0491. The van der Waals surface area contributed by atoms with Gasteiger partial charge in [-0.15, -0.1) is 0 Å². The Labute approximate surface area is 153 Å². The van der Waals surface area contributed by atoms with Crippen molar-refractivity contribution in [2.45, 2.75) is 19.0 Å². The molecule has 5 heteroatoms. The number of hydrogen-bond donors (Lipinski definition) is 0. The van der Waals surface area contributed by atoms with Crippen molar-refractivity contribution < 1.29 is 9.59 Å². The van der Waals surface area contributed by atoms with Gasteiger partial charge in [0.05, 0.1) is 19.0 Å². The molecule has 2 aromatic rings. The first kappa shape index (κ1) is 16.8. The Bertz CT molecular complexity index is 770. The lowest BCUT2D eigenvalue weighted by molar-refractivity contribution is -0.140. The fraction of sp³-hybridized carbons (Fsp3) is 0.333. The topological polar surface area (TPSA) is 43.9 Å². The number of nitrogens with zero attached hydrogens (tertiary/aromatic N) is 3. The van der Waals surface area contributed by atoms with E-state index < -0.39 is 0 Å². The normalized spacial score (nSPS) is 21.5. The molecule has 26 heavy (non-hydrogen) atoms. The molecule has 2 saturated heterocycles. The maximum atomic E-state index is 12.8. The van der Waals surface area contributed by atoms with Crippen LogP contribution in [-0.2, 0) is 16.1 Å². The van der Waals surface area contributed by atoms with Crippen LogP contribution < -0.4 is 4.90 Å². The second kappa shape index (κ2) is 7.30. The van der Waals surface area contributed by atoms with E-state index in [2.05, 4.69) is 21.9 Å². The van der Waals surface area contributed by atoms with Crippen LogP contribution in [0.5, 0.6) is 0 Å². The van der Waals surface area contributed by atoms with Gasteiger partial charge in [0, 0.05) is 31.9 Å². The molecule has 2 aliphatic rings. The number of para-hydroxylation sites is 1. The van der Waals surface area contributed by atoms with Gasteiger partial charge in [-0.2, -0.15) is 0 Å². The maximum absolute atomic E-state index is 12.8. The van der Waals surface area contributed by atoms with Crippen molar-refractivity contribution in [1.29, 1.82) is 0 Å². The van der Waals surface area contributed by atoms with Gasteiger partial charge in [0.15, 0.2) is 0 Å². The van der Waals surface area contributed by atoms with E-state index in [9.17, 15) is 9.59 Å². The van der Waals surface area contributed by atoms with Crippen LogP contribution in [0.4, 0.5) is 5.69 Å². The van der Waals surface area contributed by atoms with Crippen molar-refractivity contribution in [2.24, 2.45) is 0 Å². The summed E-state index contributed by atoms with van der Waals surface area (Å²) >= 11 is 0. The Hall–Kier alpha value is -2.66. The lowest BCUT2D eigenvalue weighted by Gasteiger charge is -2.38. The molecule has 0 aromatic heterocycles. The first-order chi connectivity index (χ1) is 12.7. The molecule has 1 atom stereocenters. The highest BCUT2D eigenvalue weighted by atomic mass is 16.2. The van der Waals surface area contributed by atoms with Crippen LogP contribution in [0.3, 0.4) is 0 Å². The number of likely N-dealkylation sites (tertiary alicyclic amines) is 1. The van der Waals surface area contributed by atoms with E-state index in [1.807, 2.05) is 48.5 Å². The summed E-state index contributed by atoms with van der Waals surface area (Å²) in [7, 11) is 0. The molecule has 0 saturated carbocycles. The number of benzene rings is 2. The average molecular weight is 349 g/mol. The Balaban J connectivity index is 1.38. The summed E-state index contributed by atoms with van der Waals surface area (Å²) in [4.78, 5) is 31.1. The Morgan fingerprint density at radius 2 is 1.42 bits per heavy atom. The third-order valence-corrected chi connectivity index (χ3v) is 5.28. The number of imide groups is 1. The molecule has 2 heterocycles. The molecule has 2 fully saturated rings. The van der Waals surface area contributed by atoms with Gasteiger partial charge in [-0.25, -0.2) is 0 Å². The number of carbonyl (C=O) groups excluding carboxylic acids is 2. The van der Waals surface area contributed by atoms with Gasteiger partial charge >= 0.3 is 0 Å². The Morgan fingerprint density at radius 3 is 2.08 bits per heavy atom. The van der Waals surface area contributed by atoms with Crippen LogP contribution in [0.1, 0.15) is 12.0 Å². The minimum atomic E-state index is -0.302. The quantitative estimate of drug-likeness (QED) is 0.794. The van der Waals surface area contributed by atoms with Crippen LogP contribution in [0, 0.1) is 0 Å². The summed E-state index contributed by atoms with van der Waals surface area (Å²) in [6.07, 6.45) is 0.303. The standard InChI is InChI=1S/C21H23N3O2/c25-20-15-19(21(26)24(20)16-17-7-3-1-4-8-17)23-13-11-22(12-14-23)18-9-5-2-6-10-18/h1-10,19H,11-16H2. The van der Waals surface area contributed by atoms with E-state index in [0.29, 0.717) is 13.0 Å². The van der Waals surface area contributed by atoms with Crippen LogP contribution in [0.15, 0.2) is 60.7 Å². The summed E-state index contributed by atoms with van der Waals surface area (Å²) < 4.78 is 0. The van der Waals surface area contributed by atoms with Crippen molar-refractivity contribution in [3.63, 3.8) is 0 Å². The lowest BCUT2D eigenvalue weighted by Crippen LogP contribution is -2.52. The summed E-state index contributed by atoms with van der Waals surface area (Å²) in [5.74, 6) is -0.110. The maximum Gasteiger partial charge on any atom is 0.247 e. The van der Waals surface area contributed by atoms with E-state index in [4.69, 9.17) is 0 Å². The fourth-order valence-electron chi connectivity index (χ4n) is 3.81. The number of carbonyl (C=O) groups is 2. The monoisotopic (exact) mass is 349 g/mol. The van der Waals surface area contributed by atoms with Crippen molar-refractivity contribution in [3.05, 3.63) is 66.2 Å². The van der Waals surface area contributed by atoms with Crippen LogP contribution in [0.25, 0.3) is 0 Å². The molecular formula is C21H23N3O2. The van der Waals surface area contributed by atoms with Gasteiger partial charge in [0.1, 0.15) is 0 Å². The van der Waals surface area contributed by atoms with E-state index in [0.717, 1.165) is 31.7 Å². The SMILES string of the molecule is O=C1CC(N2CCN(c3ccccc3)CC2)C(=O)N1Cc1ccccc1. The van der Waals surface area contributed by atoms with E-state index in [1.165, 1.54) is 10.6 Å². The molecule has 5 nitrogen and oxygen atoms in total. The zero-order valence-corrected chi connectivity index (χ0v) is 14.8. The summed E-state index contributed by atoms with van der Waals surface area (Å²) in [6.45, 7) is 3.73. The molecule has 0 spiro atoms. The molecule has 2 amide bonds. The highest BCUT2D eigenvalue weighted by Gasteiger charge is 2.42. The Kier molecular flexibility index (Phi) is 4.71. The number of hydrogen-bond acceptors (Lipinski definition) is 4. The summed E-state index contributed by atoms with van der Waals surface area (Å²) in [6, 6.07) is 19.7.